The van der Waals surface area contributed by atoms with Gasteiger partial charge in [-0.2, -0.15) is 0 Å². The number of rotatable bonds is 4. The van der Waals surface area contributed by atoms with Crippen LogP contribution >= 0.6 is 0 Å². The maximum absolute atomic E-state index is 8.79. The molecule has 16 heavy (non-hydrogen) atoms. The van der Waals surface area contributed by atoms with Gasteiger partial charge in [0, 0.05) is 19.8 Å². The molecular weight excluding hydrogens is 208 g/mol. The Morgan fingerprint density at radius 2 is 1.31 bits per heavy atom. The van der Waals surface area contributed by atoms with Crippen molar-refractivity contribution >= 4 is 0 Å². The Labute approximate surface area is 97.9 Å². The van der Waals surface area contributed by atoms with Crippen LogP contribution in [-0.2, 0) is 0 Å². The molecule has 1 aliphatic rings. The van der Waals surface area contributed by atoms with Crippen molar-refractivity contribution in [3.63, 3.8) is 0 Å². The highest BCUT2D eigenvalue weighted by molar-refractivity contribution is 4.70. The summed E-state index contributed by atoms with van der Waals surface area (Å²) in [5.74, 6) is 1.03. The average molecular weight is 234 g/mol. The van der Waals surface area contributed by atoms with Gasteiger partial charge in [-0.05, 0) is 50.9 Å². The molecular formula is C12H26O4. The second-order valence-corrected chi connectivity index (χ2v) is 4.61. The number of aliphatic hydroxyl groups is 4. The van der Waals surface area contributed by atoms with E-state index in [4.69, 9.17) is 20.4 Å². The van der Waals surface area contributed by atoms with Gasteiger partial charge in [0.25, 0.3) is 0 Å². The summed E-state index contributed by atoms with van der Waals surface area (Å²) in [6, 6.07) is 0. The third-order valence-corrected chi connectivity index (χ3v) is 3.03. The molecule has 1 fully saturated rings. The fourth-order valence-corrected chi connectivity index (χ4v) is 1.78. The number of aliphatic hydroxyl groups excluding tert-OH is 4. The monoisotopic (exact) mass is 234 g/mol. The molecule has 4 N–H and O–H groups in total. The molecule has 0 aliphatic heterocycles. The first kappa shape index (κ1) is 15.8. The predicted molar refractivity (Wildman–Crippen MR) is 63.0 cm³/mol. The number of hydrogen-bond acceptors (Lipinski definition) is 4. The Bertz CT molecular complexity index is 130. The van der Waals surface area contributed by atoms with Crippen LogP contribution in [0.1, 0.15) is 39.0 Å². The van der Waals surface area contributed by atoms with Crippen LogP contribution in [-0.4, -0.2) is 46.4 Å². The van der Waals surface area contributed by atoms with Crippen LogP contribution < -0.4 is 0 Å². The average Bonchev–Trinajstić information content (AvgIpc) is 2.30. The lowest BCUT2D eigenvalue weighted by atomic mass is 9.83. The van der Waals surface area contributed by atoms with Gasteiger partial charge in [-0.1, -0.05) is 0 Å². The molecule has 0 aromatic heterocycles. The minimum Gasteiger partial charge on any atom is -0.396 e. The van der Waals surface area contributed by atoms with Crippen LogP contribution in [0.3, 0.4) is 0 Å². The molecule has 0 saturated heterocycles. The summed E-state index contributed by atoms with van der Waals surface area (Å²) in [6.07, 6.45) is 4.53. The summed E-state index contributed by atoms with van der Waals surface area (Å²) in [6.45, 7) is 2.39. The van der Waals surface area contributed by atoms with E-state index in [0.717, 1.165) is 25.7 Å². The van der Waals surface area contributed by atoms with Gasteiger partial charge in [0.05, 0.1) is 6.10 Å². The summed E-state index contributed by atoms with van der Waals surface area (Å²) >= 11 is 0. The molecule has 98 valence electrons. The van der Waals surface area contributed by atoms with Gasteiger partial charge in [-0.15, -0.1) is 0 Å². The van der Waals surface area contributed by atoms with Gasteiger partial charge in [-0.25, -0.2) is 0 Å². The van der Waals surface area contributed by atoms with Crippen LogP contribution in [0, 0.1) is 11.8 Å². The lowest BCUT2D eigenvalue weighted by molar-refractivity contribution is 0.131. The molecule has 1 atom stereocenters. The molecule has 0 aromatic carbocycles. The second kappa shape index (κ2) is 10.0. The minimum absolute atomic E-state index is 0.0810. The molecule has 4 nitrogen and oxygen atoms in total. The number of hydrogen-bond donors (Lipinski definition) is 4. The Kier molecular flexibility index (Phi) is 9.92. The third-order valence-electron chi connectivity index (χ3n) is 3.03. The quantitative estimate of drug-likeness (QED) is 0.572. The molecule has 1 unspecified atom stereocenters. The highest BCUT2D eigenvalue weighted by Crippen LogP contribution is 2.27. The fraction of sp³-hybridized carbons (Fsp3) is 1.00. The fourth-order valence-electron chi connectivity index (χ4n) is 1.78. The lowest BCUT2D eigenvalue weighted by Gasteiger charge is -2.25. The standard InChI is InChI=1S/C8H16O2.C4H10O2/c9-5-7-1-2-8(6-10)4-3-7;1-4(6)2-3-5/h7-10H,1-6H2;4-6H,2-3H2,1H3. The maximum atomic E-state index is 8.79. The smallest absolute Gasteiger partial charge is 0.0533 e. The van der Waals surface area contributed by atoms with E-state index in [1.165, 1.54) is 0 Å². The van der Waals surface area contributed by atoms with Crippen LogP contribution in [0.15, 0.2) is 0 Å². The van der Waals surface area contributed by atoms with Gasteiger partial charge in [-0.3, -0.25) is 0 Å². The van der Waals surface area contributed by atoms with Gasteiger partial charge < -0.3 is 20.4 Å². The van der Waals surface area contributed by atoms with E-state index < -0.39 is 0 Å². The molecule has 4 heteroatoms. The van der Waals surface area contributed by atoms with Crippen LogP contribution in [0.5, 0.6) is 0 Å². The van der Waals surface area contributed by atoms with Crippen molar-refractivity contribution in [2.75, 3.05) is 19.8 Å². The van der Waals surface area contributed by atoms with Crippen molar-refractivity contribution in [1.29, 1.82) is 0 Å². The molecule has 1 saturated carbocycles. The molecule has 1 aliphatic carbocycles. The Balaban J connectivity index is 0.000000325. The van der Waals surface area contributed by atoms with E-state index in [1.807, 2.05) is 0 Å². The summed E-state index contributed by atoms with van der Waals surface area (Å²) in [4.78, 5) is 0. The molecule has 0 bridgehead atoms. The zero-order valence-electron chi connectivity index (χ0n) is 10.2. The van der Waals surface area contributed by atoms with Crippen LogP contribution in [0.25, 0.3) is 0 Å². The van der Waals surface area contributed by atoms with E-state index in [0.29, 0.717) is 31.5 Å². The normalized spacial score (nSPS) is 26.8. The van der Waals surface area contributed by atoms with Crippen molar-refractivity contribution in [2.24, 2.45) is 11.8 Å². The SMILES string of the molecule is CC(O)CCO.OCC1CCC(CO)CC1. The van der Waals surface area contributed by atoms with Crippen molar-refractivity contribution in [1.82, 2.24) is 0 Å². The highest BCUT2D eigenvalue weighted by Gasteiger charge is 2.19. The van der Waals surface area contributed by atoms with Gasteiger partial charge in [0.1, 0.15) is 0 Å². The highest BCUT2D eigenvalue weighted by atomic mass is 16.3. The van der Waals surface area contributed by atoms with E-state index >= 15 is 0 Å². The zero-order valence-corrected chi connectivity index (χ0v) is 10.2. The first-order chi connectivity index (χ1) is 7.63. The van der Waals surface area contributed by atoms with Gasteiger partial charge >= 0.3 is 0 Å². The molecule has 0 heterocycles. The van der Waals surface area contributed by atoms with Crippen molar-refractivity contribution in [3.05, 3.63) is 0 Å². The Morgan fingerprint density at radius 1 is 0.938 bits per heavy atom. The lowest BCUT2D eigenvalue weighted by Crippen LogP contribution is -2.19. The first-order valence-electron chi connectivity index (χ1n) is 6.14. The topological polar surface area (TPSA) is 80.9 Å². The minimum atomic E-state index is -0.352. The van der Waals surface area contributed by atoms with Gasteiger partial charge in [0.2, 0.25) is 0 Å². The first-order valence-corrected chi connectivity index (χ1v) is 6.14. The zero-order chi connectivity index (χ0) is 12.4. The van der Waals surface area contributed by atoms with Crippen molar-refractivity contribution < 1.29 is 20.4 Å². The summed E-state index contributed by atoms with van der Waals surface area (Å²) < 4.78 is 0. The largest absolute Gasteiger partial charge is 0.396 e. The molecule has 1 rings (SSSR count). The Hall–Kier alpha value is -0.160. The third kappa shape index (κ3) is 8.05. The predicted octanol–water partition coefficient (Wildman–Crippen LogP) is 0.527. The maximum Gasteiger partial charge on any atom is 0.0533 e. The van der Waals surface area contributed by atoms with E-state index in [-0.39, 0.29) is 12.7 Å². The van der Waals surface area contributed by atoms with E-state index in [1.54, 1.807) is 6.92 Å². The summed E-state index contributed by atoms with van der Waals surface area (Å²) in [7, 11) is 0. The Morgan fingerprint density at radius 3 is 1.44 bits per heavy atom. The van der Waals surface area contributed by atoms with E-state index in [2.05, 4.69) is 0 Å². The summed E-state index contributed by atoms with van der Waals surface area (Å²) in [5.41, 5.74) is 0. The van der Waals surface area contributed by atoms with Gasteiger partial charge in [0.15, 0.2) is 0 Å². The molecule has 0 radical (unpaired) electrons. The summed E-state index contributed by atoms with van der Waals surface area (Å²) in [5, 5.41) is 34.0. The van der Waals surface area contributed by atoms with Crippen molar-refractivity contribution in [3.8, 4) is 0 Å². The van der Waals surface area contributed by atoms with E-state index in [9.17, 15) is 0 Å². The van der Waals surface area contributed by atoms with Crippen LogP contribution in [0.4, 0.5) is 0 Å². The van der Waals surface area contributed by atoms with Crippen molar-refractivity contribution in [2.45, 2.75) is 45.1 Å². The second-order valence-electron chi connectivity index (χ2n) is 4.61. The molecule has 0 aromatic rings. The molecule has 0 spiro atoms. The molecule has 0 amide bonds. The van der Waals surface area contributed by atoms with Crippen LogP contribution in [0.2, 0.25) is 0 Å².